The Morgan fingerprint density at radius 3 is 2.20 bits per heavy atom. The zero-order valence-corrected chi connectivity index (χ0v) is 13.9. The van der Waals surface area contributed by atoms with Crippen molar-refractivity contribution < 1.29 is 9.53 Å². The maximum atomic E-state index is 10.8. The topological polar surface area (TPSA) is 26.3 Å². The third kappa shape index (κ3) is 12.0. The molecule has 0 aliphatic carbocycles. The van der Waals surface area contributed by atoms with E-state index in [9.17, 15) is 4.79 Å². The fourth-order valence-electron chi connectivity index (χ4n) is 1.73. The molecule has 0 amide bonds. The van der Waals surface area contributed by atoms with Gasteiger partial charge in [-0.2, -0.15) is 0 Å². The zero-order chi connectivity index (χ0) is 15.4. The van der Waals surface area contributed by atoms with Crippen LogP contribution in [0.3, 0.4) is 0 Å². The molecule has 0 heterocycles. The average molecular weight is 299 g/mol. The number of halogens is 1. The Balaban J connectivity index is 4.11. The monoisotopic (exact) mass is 298 g/mol. The van der Waals surface area contributed by atoms with E-state index in [0.29, 0.717) is 12.5 Å². The first-order chi connectivity index (χ1) is 9.45. The molecule has 20 heavy (non-hydrogen) atoms. The van der Waals surface area contributed by atoms with Gasteiger partial charge in [0.2, 0.25) is 0 Å². The summed E-state index contributed by atoms with van der Waals surface area (Å²) in [5.41, 5.74) is 3.86. The van der Waals surface area contributed by atoms with E-state index in [-0.39, 0.29) is 5.97 Å². The molecule has 0 N–H and O–H groups in total. The van der Waals surface area contributed by atoms with Gasteiger partial charge in [-0.25, -0.2) is 0 Å². The molecule has 0 saturated carbocycles. The van der Waals surface area contributed by atoms with Gasteiger partial charge in [0.25, 0.3) is 0 Å². The molecule has 0 rings (SSSR count). The number of alkyl halides is 1. The predicted molar refractivity (Wildman–Crippen MR) is 87.1 cm³/mol. The minimum atomic E-state index is -0.251. The van der Waals surface area contributed by atoms with Crippen LogP contribution in [-0.2, 0) is 9.53 Å². The summed E-state index contributed by atoms with van der Waals surface area (Å²) in [6, 6.07) is 0. The lowest BCUT2D eigenvalue weighted by atomic mass is 10.1. The fraction of sp³-hybridized carbons (Fsp3) is 0.588. The maximum Gasteiger partial charge on any atom is 0.302 e. The van der Waals surface area contributed by atoms with E-state index in [1.54, 1.807) is 0 Å². The third-order valence-corrected chi connectivity index (χ3v) is 3.03. The molecule has 0 radical (unpaired) electrons. The Kier molecular flexibility index (Phi) is 11.2. The number of carbonyl (C=O) groups excluding carboxylic acids is 1. The SMILES string of the molecule is CC(=O)OC/C(=C\CCl)CC/C=C(\C)CCC=C(C)C. The van der Waals surface area contributed by atoms with Gasteiger partial charge in [0.05, 0.1) is 0 Å². The van der Waals surface area contributed by atoms with Crippen molar-refractivity contribution in [3.63, 3.8) is 0 Å². The van der Waals surface area contributed by atoms with Gasteiger partial charge in [0.15, 0.2) is 0 Å². The molecule has 0 aromatic rings. The standard InChI is InChI=1S/C17H27ClO2/c1-14(2)7-5-8-15(3)9-6-10-17(11-12-18)13-20-16(4)19/h7,9,11H,5-6,8,10,12-13H2,1-4H3/b15-9+,17-11-. The van der Waals surface area contributed by atoms with E-state index >= 15 is 0 Å². The molecule has 2 nitrogen and oxygen atoms in total. The first kappa shape index (κ1) is 19.0. The van der Waals surface area contributed by atoms with E-state index in [1.807, 2.05) is 6.08 Å². The van der Waals surface area contributed by atoms with Crippen LogP contribution in [0.4, 0.5) is 0 Å². The highest BCUT2D eigenvalue weighted by Crippen LogP contribution is 2.12. The highest BCUT2D eigenvalue weighted by molar-refractivity contribution is 6.18. The van der Waals surface area contributed by atoms with Gasteiger partial charge >= 0.3 is 5.97 Å². The number of rotatable bonds is 9. The van der Waals surface area contributed by atoms with E-state index in [2.05, 4.69) is 32.9 Å². The van der Waals surface area contributed by atoms with Gasteiger partial charge in [-0.05, 0) is 52.0 Å². The minimum Gasteiger partial charge on any atom is -0.461 e. The Bertz CT molecular complexity index is 374. The molecule has 0 aliphatic rings. The summed E-state index contributed by atoms with van der Waals surface area (Å²) >= 11 is 5.71. The van der Waals surface area contributed by atoms with Crippen molar-refractivity contribution in [2.75, 3.05) is 12.5 Å². The summed E-state index contributed by atoms with van der Waals surface area (Å²) in [6.07, 6.45) is 10.5. The fourth-order valence-corrected chi connectivity index (χ4v) is 1.95. The molecule has 0 saturated heterocycles. The molecule has 0 bridgehead atoms. The first-order valence-electron chi connectivity index (χ1n) is 7.12. The van der Waals surface area contributed by atoms with Crippen LogP contribution in [-0.4, -0.2) is 18.5 Å². The predicted octanol–water partition coefficient (Wildman–Crippen LogP) is 5.19. The van der Waals surface area contributed by atoms with Crippen LogP contribution in [0.25, 0.3) is 0 Å². The number of allylic oxidation sites excluding steroid dienone is 5. The van der Waals surface area contributed by atoms with Crippen molar-refractivity contribution in [2.45, 2.75) is 53.4 Å². The quantitative estimate of drug-likeness (QED) is 0.333. The minimum absolute atomic E-state index is 0.251. The molecule has 0 aromatic carbocycles. The van der Waals surface area contributed by atoms with Crippen LogP contribution < -0.4 is 0 Å². The van der Waals surface area contributed by atoms with E-state index < -0.39 is 0 Å². The van der Waals surface area contributed by atoms with Gasteiger partial charge < -0.3 is 4.74 Å². The lowest BCUT2D eigenvalue weighted by molar-refractivity contribution is -0.140. The Labute approximate surface area is 128 Å². The Morgan fingerprint density at radius 2 is 1.65 bits per heavy atom. The van der Waals surface area contributed by atoms with Crippen molar-refractivity contribution in [3.05, 3.63) is 34.9 Å². The van der Waals surface area contributed by atoms with Crippen LogP contribution in [0.2, 0.25) is 0 Å². The van der Waals surface area contributed by atoms with Crippen LogP contribution in [0, 0.1) is 0 Å². The van der Waals surface area contributed by atoms with Crippen LogP contribution in [0.1, 0.15) is 53.4 Å². The summed E-state index contributed by atoms with van der Waals surface area (Å²) in [5, 5.41) is 0. The summed E-state index contributed by atoms with van der Waals surface area (Å²) in [6.45, 7) is 8.18. The van der Waals surface area contributed by atoms with Gasteiger partial charge in [-0.3, -0.25) is 4.79 Å². The third-order valence-electron chi connectivity index (χ3n) is 2.88. The van der Waals surface area contributed by atoms with Crippen LogP contribution in [0.5, 0.6) is 0 Å². The van der Waals surface area contributed by atoms with Gasteiger partial charge in [-0.15, -0.1) is 11.6 Å². The van der Waals surface area contributed by atoms with E-state index in [0.717, 1.165) is 31.3 Å². The van der Waals surface area contributed by atoms with Crippen molar-refractivity contribution in [1.29, 1.82) is 0 Å². The molecule has 0 aromatic heterocycles. The normalized spacial score (nSPS) is 12.2. The van der Waals surface area contributed by atoms with E-state index in [4.69, 9.17) is 16.3 Å². The molecular weight excluding hydrogens is 272 g/mol. The number of hydrogen-bond donors (Lipinski definition) is 0. The second-order valence-electron chi connectivity index (χ2n) is 5.21. The highest BCUT2D eigenvalue weighted by atomic mass is 35.5. The molecular formula is C17H27ClO2. The summed E-state index contributed by atoms with van der Waals surface area (Å²) in [5.74, 6) is 0.207. The molecule has 0 atom stereocenters. The number of ether oxygens (including phenoxy) is 1. The number of hydrogen-bond acceptors (Lipinski definition) is 2. The Hall–Kier alpha value is -1.02. The molecule has 0 spiro atoms. The van der Waals surface area contributed by atoms with Crippen molar-refractivity contribution in [3.8, 4) is 0 Å². The molecule has 3 heteroatoms. The second kappa shape index (κ2) is 11.8. The molecule has 0 unspecified atom stereocenters. The zero-order valence-electron chi connectivity index (χ0n) is 13.2. The maximum absolute atomic E-state index is 10.8. The van der Waals surface area contributed by atoms with Crippen molar-refractivity contribution in [1.82, 2.24) is 0 Å². The van der Waals surface area contributed by atoms with Crippen molar-refractivity contribution >= 4 is 17.6 Å². The summed E-state index contributed by atoms with van der Waals surface area (Å²) in [7, 11) is 0. The molecule has 0 fully saturated rings. The largest absolute Gasteiger partial charge is 0.461 e. The number of esters is 1. The van der Waals surface area contributed by atoms with Gasteiger partial charge in [-0.1, -0.05) is 29.4 Å². The second-order valence-corrected chi connectivity index (χ2v) is 5.51. The lowest BCUT2D eigenvalue weighted by Crippen LogP contribution is -2.03. The van der Waals surface area contributed by atoms with E-state index in [1.165, 1.54) is 18.1 Å². The van der Waals surface area contributed by atoms with Gasteiger partial charge in [0, 0.05) is 12.8 Å². The van der Waals surface area contributed by atoms with Gasteiger partial charge in [0.1, 0.15) is 6.61 Å². The smallest absolute Gasteiger partial charge is 0.302 e. The average Bonchev–Trinajstić information content (AvgIpc) is 2.35. The summed E-state index contributed by atoms with van der Waals surface area (Å²) < 4.78 is 5.01. The summed E-state index contributed by atoms with van der Waals surface area (Å²) in [4.78, 5) is 10.8. The first-order valence-corrected chi connectivity index (χ1v) is 7.65. The number of carbonyl (C=O) groups is 1. The molecule has 114 valence electrons. The lowest BCUT2D eigenvalue weighted by Gasteiger charge is -2.06. The highest BCUT2D eigenvalue weighted by Gasteiger charge is 2.00. The van der Waals surface area contributed by atoms with Crippen LogP contribution >= 0.6 is 11.6 Å². The Morgan fingerprint density at radius 1 is 1.00 bits per heavy atom. The van der Waals surface area contributed by atoms with Crippen LogP contribution in [0.15, 0.2) is 34.9 Å². The van der Waals surface area contributed by atoms with Crippen molar-refractivity contribution in [2.24, 2.45) is 0 Å². The molecule has 0 aliphatic heterocycles.